The first-order valence-electron chi connectivity index (χ1n) is 7.84. The second-order valence-electron chi connectivity index (χ2n) is 5.96. The van der Waals surface area contributed by atoms with Gasteiger partial charge in [-0.15, -0.1) is 0 Å². The molecule has 1 aromatic carbocycles. The zero-order valence-electron chi connectivity index (χ0n) is 13.1. The number of carbonyl (C=O) groups excluding carboxylic acids is 1. The number of nitrogens with zero attached hydrogens (tertiary/aromatic N) is 2. The topological polar surface area (TPSA) is 63.6 Å². The van der Waals surface area contributed by atoms with Crippen LogP contribution in [-0.4, -0.2) is 23.8 Å². The van der Waals surface area contributed by atoms with Crippen molar-refractivity contribution < 1.29 is 9.53 Å². The second kappa shape index (κ2) is 6.02. The molecule has 2 heterocycles. The molecule has 2 unspecified atom stereocenters. The number of urea groups is 1. The Morgan fingerprint density at radius 1 is 1.33 bits per heavy atom. The third-order valence-corrected chi connectivity index (χ3v) is 5.27. The molecule has 0 spiro atoms. The first-order chi connectivity index (χ1) is 11.7. The lowest BCUT2D eigenvalue weighted by atomic mass is 9.77. The summed E-state index contributed by atoms with van der Waals surface area (Å²) in [6.07, 6.45) is 3.60. The SMILES string of the molecule is COc1ccc(C2NC(=O)N=C3c4cccnc4CCC32)cc1Br. The third-order valence-electron chi connectivity index (χ3n) is 4.65. The fraction of sp³-hybridized carbons (Fsp3) is 0.278. The zero-order chi connectivity index (χ0) is 16.7. The Hall–Kier alpha value is -2.21. The summed E-state index contributed by atoms with van der Waals surface area (Å²) in [6, 6.07) is 9.43. The molecule has 2 amide bonds. The maximum atomic E-state index is 12.2. The molecule has 4 rings (SSSR count). The number of halogens is 1. The lowest BCUT2D eigenvalue weighted by Crippen LogP contribution is -2.43. The van der Waals surface area contributed by atoms with E-state index in [0.29, 0.717) is 0 Å². The Morgan fingerprint density at radius 2 is 2.21 bits per heavy atom. The molecule has 24 heavy (non-hydrogen) atoms. The van der Waals surface area contributed by atoms with E-state index in [1.165, 1.54) is 0 Å². The predicted octanol–water partition coefficient (Wildman–Crippen LogP) is 3.67. The van der Waals surface area contributed by atoms with Crippen molar-refractivity contribution >= 4 is 27.7 Å². The van der Waals surface area contributed by atoms with Gasteiger partial charge in [-0.3, -0.25) is 4.98 Å². The maximum Gasteiger partial charge on any atom is 0.341 e. The molecule has 1 aliphatic heterocycles. The minimum absolute atomic E-state index is 0.0967. The van der Waals surface area contributed by atoms with Gasteiger partial charge in [-0.1, -0.05) is 6.07 Å². The third kappa shape index (κ3) is 2.51. The van der Waals surface area contributed by atoms with E-state index in [0.717, 1.165) is 45.6 Å². The summed E-state index contributed by atoms with van der Waals surface area (Å²) in [5, 5.41) is 3.02. The highest BCUT2D eigenvalue weighted by Crippen LogP contribution is 2.38. The first-order valence-corrected chi connectivity index (χ1v) is 8.63. The molecule has 0 fully saturated rings. The van der Waals surface area contributed by atoms with Gasteiger partial charge in [0, 0.05) is 23.4 Å². The maximum absolute atomic E-state index is 12.2. The van der Waals surface area contributed by atoms with Crippen molar-refractivity contribution in [3.8, 4) is 5.75 Å². The molecule has 122 valence electrons. The van der Waals surface area contributed by atoms with Gasteiger partial charge in [-0.05, 0) is 58.6 Å². The Balaban J connectivity index is 1.76. The minimum atomic E-state index is -0.296. The highest BCUT2D eigenvalue weighted by molar-refractivity contribution is 9.10. The minimum Gasteiger partial charge on any atom is -0.496 e. The molecule has 0 saturated heterocycles. The molecule has 2 aromatic rings. The van der Waals surface area contributed by atoms with E-state index >= 15 is 0 Å². The fourth-order valence-corrected chi connectivity index (χ4v) is 4.09. The summed E-state index contributed by atoms with van der Waals surface area (Å²) < 4.78 is 6.17. The molecule has 0 bridgehead atoms. The molecule has 2 atom stereocenters. The van der Waals surface area contributed by atoms with Gasteiger partial charge in [-0.2, -0.15) is 4.99 Å². The molecular formula is C18H16BrN3O2. The number of benzene rings is 1. The quantitative estimate of drug-likeness (QED) is 0.857. The van der Waals surface area contributed by atoms with Crippen molar-refractivity contribution in [2.75, 3.05) is 7.11 Å². The summed E-state index contributed by atoms with van der Waals surface area (Å²) in [6.45, 7) is 0. The lowest BCUT2D eigenvalue weighted by molar-refractivity contribution is 0.239. The number of aliphatic imine (C=N–C) groups is 1. The first kappa shape index (κ1) is 15.3. The van der Waals surface area contributed by atoms with Crippen LogP contribution in [0.25, 0.3) is 0 Å². The molecule has 2 aliphatic rings. The van der Waals surface area contributed by atoms with Crippen LogP contribution >= 0.6 is 15.9 Å². The Morgan fingerprint density at radius 3 is 3.00 bits per heavy atom. The van der Waals surface area contributed by atoms with Crippen LogP contribution in [-0.2, 0) is 6.42 Å². The highest BCUT2D eigenvalue weighted by atomic mass is 79.9. The average Bonchev–Trinajstić information content (AvgIpc) is 2.61. The summed E-state index contributed by atoms with van der Waals surface area (Å²) in [5.74, 6) is 0.924. The number of carbonyl (C=O) groups is 1. The monoisotopic (exact) mass is 385 g/mol. The van der Waals surface area contributed by atoms with Gasteiger partial charge in [0.15, 0.2) is 0 Å². The number of fused-ring (bicyclic) bond motifs is 3. The van der Waals surface area contributed by atoms with E-state index in [1.54, 1.807) is 13.3 Å². The predicted molar refractivity (Wildman–Crippen MR) is 94.6 cm³/mol. The number of nitrogens with one attached hydrogen (secondary N) is 1. The van der Waals surface area contributed by atoms with Crippen LogP contribution in [0.15, 0.2) is 46.0 Å². The van der Waals surface area contributed by atoms with E-state index in [9.17, 15) is 4.79 Å². The van der Waals surface area contributed by atoms with E-state index in [1.807, 2.05) is 30.3 Å². The van der Waals surface area contributed by atoms with Gasteiger partial charge >= 0.3 is 6.03 Å². The van der Waals surface area contributed by atoms with Crippen molar-refractivity contribution in [1.82, 2.24) is 10.3 Å². The highest BCUT2D eigenvalue weighted by Gasteiger charge is 2.37. The number of rotatable bonds is 2. The number of ether oxygens (including phenoxy) is 1. The number of pyridine rings is 1. The molecule has 0 radical (unpaired) electrons. The van der Waals surface area contributed by atoms with Gasteiger partial charge in [0.2, 0.25) is 0 Å². The molecule has 0 saturated carbocycles. The van der Waals surface area contributed by atoms with Crippen molar-refractivity contribution in [3.05, 3.63) is 57.8 Å². The van der Waals surface area contributed by atoms with E-state index in [2.05, 4.69) is 31.2 Å². The second-order valence-corrected chi connectivity index (χ2v) is 6.82. The van der Waals surface area contributed by atoms with E-state index in [4.69, 9.17) is 4.74 Å². The molecule has 5 nitrogen and oxygen atoms in total. The molecule has 1 aromatic heterocycles. The van der Waals surface area contributed by atoms with Crippen molar-refractivity contribution in [3.63, 3.8) is 0 Å². The smallest absolute Gasteiger partial charge is 0.341 e. The Bertz CT molecular complexity index is 850. The number of amides is 2. The average molecular weight is 386 g/mol. The zero-order valence-corrected chi connectivity index (χ0v) is 14.7. The van der Waals surface area contributed by atoms with Gasteiger partial charge in [0.1, 0.15) is 5.75 Å². The number of methoxy groups -OCH3 is 1. The Kier molecular flexibility index (Phi) is 3.84. The normalized spacial score (nSPS) is 22.1. The standard InChI is InChI=1S/C18H16BrN3O2/c1-24-15-7-4-10(9-13(15)19)16-12-5-6-14-11(3-2-8-20-14)17(12)22-18(23)21-16/h2-4,7-9,12,16H,5-6H2,1H3,(H,21,23). The van der Waals surface area contributed by atoms with Crippen LogP contribution < -0.4 is 10.1 Å². The molecular weight excluding hydrogens is 370 g/mol. The van der Waals surface area contributed by atoms with E-state index in [-0.39, 0.29) is 18.0 Å². The van der Waals surface area contributed by atoms with Gasteiger partial charge in [-0.25, -0.2) is 4.79 Å². The van der Waals surface area contributed by atoms with E-state index < -0.39 is 0 Å². The summed E-state index contributed by atoms with van der Waals surface area (Å²) >= 11 is 3.52. The molecule has 1 N–H and O–H groups in total. The number of aromatic nitrogens is 1. The van der Waals surface area contributed by atoms with Crippen molar-refractivity contribution in [2.24, 2.45) is 10.9 Å². The van der Waals surface area contributed by atoms with Crippen molar-refractivity contribution in [2.45, 2.75) is 18.9 Å². The van der Waals surface area contributed by atoms with Gasteiger partial charge in [0.25, 0.3) is 0 Å². The van der Waals surface area contributed by atoms with Crippen LogP contribution in [0.2, 0.25) is 0 Å². The fourth-order valence-electron chi connectivity index (χ4n) is 3.53. The van der Waals surface area contributed by atoms with Crippen LogP contribution in [0, 0.1) is 5.92 Å². The van der Waals surface area contributed by atoms with Crippen LogP contribution in [0.1, 0.15) is 29.3 Å². The summed E-state index contributed by atoms with van der Waals surface area (Å²) in [7, 11) is 1.64. The molecule has 6 heteroatoms. The molecule has 1 aliphatic carbocycles. The van der Waals surface area contributed by atoms with Gasteiger partial charge < -0.3 is 10.1 Å². The van der Waals surface area contributed by atoms with Crippen molar-refractivity contribution in [1.29, 1.82) is 0 Å². The van der Waals surface area contributed by atoms with Crippen LogP contribution in [0.3, 0.4) is 0 Å². The summed E-state index contributed by atoms with van der Waals surface area (Å²) in [4.78, 5) is 20.9. The van der Waals surface area contributed by atoms with Crippen LogP contribution in [0.5, 0.6) is 5.75 Å². The number of aryl methyl sites for hydroxylation is 1. The summed E-state index contributed by atoms with van der Waals surface area (Å²) in [5.41, 5.74) is 3.92. The van der Waals surface area contributed by atoms with Gasteiger partial charge in [0.05, 0.1) is 23.3 Å². The lowest BCUT2D eigenvalue weighted by Gasteiger charge is -2.36. The largest absolute Gasteiger partial charge is 0.496 e. The number of hydrogen-bond acceptors (Lipinski definition) is 3. The Labute approximate surface area is 148 Å². The number of hydrogen-bond donors (Lipinski definition) is 1. The van der Waals surface area contributed by atoms with Crippen LogP contribution in [0.4, 0.5) is 4.79 Å².